The fourth-order valence-corrected chi connectivity index (χ4v) is 2.40. The largest absolute Gasteiger partial charge is 0.469 e. The second kappa shape index (κ2) is 10.1. The van der Waals surface area contributed by atoms with E-state index in [9.17, 15) is 0 Å². The number of rotatable bonds is 8. The molecular formula is C22H25N3O. The molecule has 2 heterocycles. The Morgan fingerprint density at radius 3 is 2.73 bits per heavy atom. The standard InChI is InChI=1S/C22H25N3O/c1-5-7-11-19(23-4)21(16-17(3)22-13-10-15-26-22)25-18(6-2)20-12-8-9-14-24-20/h6-17H,2,5H2,1,3-4H3/b11-7-,21-16-,23-19?,25-18?. The second-order valence-corrected chi connectivity index (χ2v) is 5.69. The van der Waals surface area contributed by atoms with E-state index in [2.05, 4.69) is 36.5 Å². The minimum absolute atomic E-state index is 0.0605. The molecule has 0 saturated heterocycles. The summed E-state index contributed by atoms with van der Waals surface area (Å²) in [7, 11) is 1.77. The highest BCUT2D eigenvalue weighted by atomic mass is 16.3. The van der Waals surface area contributed by atoms with Crippen molar-refractivity contribution in [2.24, 2.45) is 9.98 Å². The number of aliphatic imine (C=N–C) groups is 2. The first-order valence-electron chi connectivity index (χ1n) is 8.71. The summed E-state index contributed by atoms with van der Waals surface area (Å²) in [4.78, 5) is 13.6. The van der Waals surface area contributed by atoms with Gasteiger partial charge in [-0.25, -0.2) is 4.99 Å². The topological polar surface area (TPSA) is 50.8 Å². The molecular weight excluding hydrogens is 322 g/mol. The number of hydrogen-bond acceptors (Lipinski definition) is 4. The molecule has 0 bridgehead atoms. The van der Waals surface area contributed by atoms with Gasteiger partial charge in [0.25, 0.3) is 0 Å². The zero-order valence-corrected chi connectivity index (χ0v) is 15.6. The van der Waals surface area contributed by atoms with Gasteiger partial charge >= 0.3 is 0 Å². The Morgan fingerprint density at radius 2 is 2.15 bits per heavy atom. The first-order chi connectivity index (χ1) is 12.7. The number of hydrogen-bond donors (Lipinski definition) is 0. The van der Waals surface area contributed by atoms with Crippen molar-refractivity contribution in [1.29, 1.82) is 0 Å². The average molecular weight is 347 g/mol. The molecule has 4 nitrogen and oxygen atoms in total. The van der Waals surface area contributed by atoms with Gasteiger partial charge in [-0.05, 0) is 48.9 Å². The number of furan rings is 1. The van der Waals surface area contributed by atoms with Crippen LogP contribution in [0.3, 0.4) is 0 Å². The molecule has 26 heavy (non-hydrogen) atoms. The smallest absolute Gasteiger partial charge is 0.110 e. The zero-order valence-electron chi connectivity index (χ0n) is 15.6. The van der Waals surface area contributed by atoms with E-state index in [1.165, 1.54) is 0 Å². The number of pyridine rings is 1. The van der Waals surface area contributed by atoms with E-state index in [0.29, 0.717) is 5.71 Å². The lowest BCUT2D eigenvalue weighted by atomic mass is 10.1. The molecule has 0 amide bonds. The SMILES string of the molecule is C=CC(=N/C(=C\C(C)c1ccco1)C(/C=C\CC)=NC)c1ccccn1. The van der Waals surface area contributed by atoms with Crippen LogP contribution in [0.1, 0.15) is 37.6 Å². The third-order valence-electron chi connectivity index (χ3n) is 3.78. The highest BCUT2D eigenvalue weighted by molar-refractivity contribution is 6.13. The summed E-state index contributed by atoms with van der Waals surface area (Å²) in [6.45, 7) is 8.05. The lowest BCUT2D eigenvalue weighted by Gasteiger charge is -2.09. The third kappa shape index (κ3) is 5.24. The van der Waals surface area contributed by atoms with E-state index < -0.39 is 0 Å². The summed E-state index contributed by atoms with van der Waals surface area (Å²) in [5.74, 6) is 0.941. The van der Waals surface area contributed by atoms with Crippen molar-refractivity contribution in [3.05, 3.63) is 90.8 Å². The maximum Gasteiger partial charge on any atom is 0.110 e. The molecule has 0 N–H and O–H groups in total. The van der Waals surface area contributed by atoms with Crippen LogP contribution in [0.5, 0.6) is 0 Å². The normalized spacial score (nSPS) is 14.7. The van der Waals surface area contributed by atoms with Gasteiger partial charge in [-0.1, -0.05) is 32.6 Å². The lowest BCUT2D eigenvalue weighted by Crippen LogP contribution is -2.06. The predicted molar refractivity (Wildman–Crippen MR) is 109 cm³/mol. The van der Waals surface area contributed by atoms with E-state index in [0.717, 1.165) is 29.3 Å². The molecule has 0 aliphatic rings. The van der Waals surface area contributed by atoms with Gasteiger partial charge in [0, 0.05) is 19.2 Å². The van der Waals surface area contributed by atoms with Crippen molar-refractivity contribution in [1.82, 2.24) is 4.98 Å². The molecule has 0 aromatic carbocycles. The molecule has 0 spiro atoms. The molecule has 1 atom stereocenters. The molecule has 4 heteroatoms. The van der Waals surface area contributed by atoms with Gasteiger partial charge in [-0.3, -0.25) is 9.98 Å². The van der Waals surface area contributed by atoms with Crippen molar-refractivity contribution in [2.45, 2.75) is 26.2 Å². The van der Waals surface area contributed by atoms with Gasteiger partial charge in [0.05, 0.1) is 29.1 Å². The summed E-state index contributed by atoms with van der Waals surface area (Å²) >= 11 is 0. The predicted octanol–water partition coefficient (Wildman–Crippen LogP) is 5.37. The molecule has 0 aliphatic heterocycles. The van der Waals surface area contributed by atoms with E-state index in [1.54, 1.807) is 25.6 Å². The van der Waals surface area contributed by atoms with Gasteiger partial charge in [-0.15, -0.1) is 0 Å². The van der Waals surface area contributed by atoms with Crippen molar-refractivity contribution in [3.8, 4) is 0 Å². The Hall–Kier alpha value is -3.01. The fourth-order valence-electron chi connectivity index (χ4n) is 2.40. The summed E-state index contributed by atoms with van der Waals surface area (Å²) in [6.07, 6.45) is 12.2. The van der Waals surface area contributed by atoms with Gasteiger partial charge in [0.2, 0.25) is 0 Å². The Bertz CT molecular complexity index is 812. The molecule has 0 radical (unpaired) electrons. The summed E-state index contributed by atoms with van der Waals surface area (Å²) in [5, 5.41) is 0. The van der Waals surface area contributed by atoms with Crippen molar-refractivity contribution >= 4 is 11.4 Å². The van der Waals surface area contributed by atoms with Gasteiger partial charge < -0.3 is 4.42 Å². The highest BCUT2D eigenvalue weighted by Gasteiger charge is 2.11. The Balaban J connectivity index is 2.50. The Labute approximate surface area is 155 Å². The van der Waals surface area contributed by atoms with Crippen LogP contribution in [0.2, 0.25) is 0 Å². The maximum atomic E-state index is 5.52. The van der Waals surface area contributed by atoms with Crippen LogP contribution in [0.15, 0.2) is 93.8 Å². The summed E-state index contributed by atoms with van der Waals surface area (Å²) < 4.78 is 5.52. The molecule has 134 valence electrons. The zero-order chi connectivity index (χ0) is 18.8. The number of allylic oxidation sites excluding steroid dienone is 4. The van der Waals surface area contributed by atoms with Crippen LogP contribution < -0.4 is 0 Å². The van der Waals surface area contributed by atoms with E-state index in [-0.39, 0.29) is 5.92 Å². The second-order valence-electron chi connectivity index (χ2n) is 5.69. The quantitative estimate of drug-likeness (QED) is 0.602. The first kappa shape index (κ1) is 19.3. The van der Waals surface area contributed by atoms with Crippen LogP contribution in [0, 0.1) is 0 Å². The Kier molecular flexibility index (Phi) is 7.49. The molecule has 0 aliphatic carbocycles. The molecule has 0 fully saturated rings. The van der Waals surface area contributed by atoms with Crippen LogP contribution >= 0.6 is 0 Å². The van der Waals surface area contributed by atoms with E-state index in [1.807, 2.05) is 42.5 Å². The summed E-state index contributed by atoms with van der Waals surface area (Å²) in [6, 6.07) is 9.57. The molecule has 1 unspecified atom stereocenters. The van der Waals surface area contributed by atoms with Crippen molar-refractivity contribution in [3.63, 3.8) is 0 Å². The molecule has 0 saturated carbocycles. The van der Waals surface area contributed by atoms with Gasteiger partial charge in [-0.2, -0.15) is 0 Å². The van der Waals surface area contributed by atoms with Crippen LogP contribution in [-0.2, 0) is 0 Å². The van der Waals surface area contributed by atoms with Crippen LogP contribution in [0.25, 0.3) is 0 Å². The molecule has 2 rings (SSSR count). The monoisotopic (exact) mass is 347 g/mol. The molecule has 2 aromatic rings. The maximum absolute atomic E-state index is 5.52. The van der Waals surface area contributed by atoms with Gasteiger partial charge in [0.1, 0.15) is 5.76 Å². The molecule has 2 aromatic heterocycles. The fraction of sp³-hybridized carbons (Fsp3) is 0.227. The lowest BCUT2D eigenvalue weighted by molar-refractivity contribution is 0.499. The number of aromatic nitrogens is 1. The van der Waals surface area contributed by atoms with Crippen LogP contribution in [-0.4, -0.2) is 23.5 Å². The minimum atomic E-state index is 0.0605. The average Bonchev–Trinajstić information content (AvgIpc) is 3.21. The summed E-state index contributed by atoms with van der Waals surface area (Å²) in [5.41, 5.74) is 3.05. The first-order valence-corrected chi connectivity index (χ1v) is 8.71. The van der Waals surface area contributed by atoms with E-state index in [4.69, 9.17) is 9.41 Å². The third-order valence-corrected chi connectivity index (χ3v) is 3.78. The van der Waals surface area contributed by atoms with Crippen molar-refractivity contribution in [2.75, 3.05) is 7.05 Å². The van der Waals surface area contributed by atoms with Crippen LogP contribution in [0.4, 0.5) is 0 Å². The van der Waals surface area contributed by atoms with Crippen molar-refractivity contribution < 1.29 is 4.42 Å². The number of nitrogens with zero attached hydrogens (tertiary/aromatic N) is 3. The highest BCUT2D eigenvalue weighted by Crippen LogP contribution is 2.20. The Morgan fingerprint density at radius 1 is 1.31 bits per heavy atom. The van der Waals surface area contributed by atoms with Gasteiger partial charge in [0.15, 0.2) is 0 Å². The minimum Gasteiger partial charge on any atom is -0.469 e. The van der Waals surface area contributed by atoms with E-state index >= 15 is 0 Å².